The molecule has 2 N–H and O–H groups in total. The third-order valence-corrected chi connectivity index (χ3v) is 3.80. The van der Waals surface area contributed by atoms with Crippen LogP contribution in [-0.2, 0) is 0 Å². The van der Waals surface area contributed by atoms with E-state index in [-0.39, 0.29) is 0 Å². The van der Waals surface area contributed by atoms with Gasteiger partial charge in [0.05, 0.1) is 5.56 Å². The molecule has 0 spiro atoms. The van der Waals surface area contributed by atoms with Crippen LogP contribution in [0.15, 0.2) is 18.2 Å². The van der Waals surface area contributed by atoms with E-state index in [0.29, 0.717) is 23.3 Å². The number of ether oxygens (including phenoxy) is 1. The van der Waals surface area contributed by atoms with Crippen molar-refractivity contribution in [3.8, 4) is 11.8 Å². The number of hydrogen-bond donors (Lipinski definition) is 1. The maximum atomic E-state index is 8.96. The van der Waals surface area contributed by atoms with Gasteiger partial charge in [-0.15, -0.1) is 0 Å². The summed E-state index contributed by atoms with van der Waals surface area (Å²) in [7, 11) is 0. The molecule has 96 valence electrons. The molecule has 1 saturated carbocycles. The van der Waals surface area contributed by atoms with Crippen molar-refractivity contribution in [1.29, 1.82) is 5.26 Å². The van der Waals surface area contributed by atoms with Crippen molar-refractivity contribution < 1.29 is 4.74 Å². The topological polar surface area (TPSA) is 59.0 Å². The summed E-state index contributed by atoms with van der Waals surface area (Å²) in [5, 5.41) is 8.96. The van der Waals surface area contributed by atoms with Gasteiger partial charge >= 0.3 is 0 Å². The molecular formula is C15H20N2O. The lowest BCUT2D eigenvalue weighted by molar-refractivity contribution is 0.0904. The summed E-state index contributed by atoms with van der Waals surface area (Å²) in [6, 6.07) is 7.45. The molecule has 0 radical (unpaired) electrons. The lowest BCUT2D eigenvalue weighted by atomic mass is 9.85. The van der Waals surface area contributed by atoms with Gasteiger partial charge in [0, 0.05) is 5.69 Å². The lowest BCUT2D eigenvalue weighted by Crippen LogP contribution is -2.29. The van der Waals surface area contributed by atoms with Crippen molar-refractivity contribution in [2.45, 2.75) is 45.1 Å². The molecule has 3 nitrogen and oxygen atoms in total. The third-order valence-electron chi connectivity index (χ3n) is 3.80. The Kier molecular flexibility index (Phi) is 4.09. The molecule has 2 rings (SSSR count). The van der Waals surface area contributed by atoms with E-state index in [1.807, 2.05) is 6.07 Å². The Morgan fingerprint density at radius 1 is 1.39 bits per heavy atom. The molecule has 3 heteroatoms. The summed E-state index contributed by atoms with van der Waals surface area (Å²) in [6.07, 6.45) is 6.36. The number of nitrogens with two attached hydrogens (primary N) is 1. The standard InChI is InChI=1S/C15H20N2O/c1-2-11-5-3-4-6-15(11)18-13-7-8-14(17)12(9-13)10-16/h7-9,11,15H,2-6,17H2,1H3. The highest BCUT2D eigenvalue weighted by Gasteiger charge is 2.25. The van der Waals surface area contributed by atoms with E-state index in [1.165, 1.54) is 19.3 Å². The molecule has 2 atom stereocenters. The fourth-order valence-corrected chi connectivity index (χ4v) is 2.68. The van der Waals surface area contributed by atoms with Gasteiger partial charge in [-0.2, -0.15) is 5.26 Å². The van der Waals surface area contributed by atoms with E-state index in [2.05, 4.69) is 13.0 Å². The van der Waals surface area contributed by atoms with Crippen molar-refractivity contribution in [2.75, 3.05) is 5.73 Å². The molecule has 1 aromatic carbocycles. The van der Waals surface area contributed by atoms with Crippen molar-refractivity contribution in [3.05, 3.63) is 23.8 Å². The summed E-state index contributed by atoms with van der Waals surface area (Å²) in [4.78, 5) is 0. The Bertz CT molecular complexity index is 450. The van der Waals surface area contributed by atoms with Crippen LogP contribution >= 0.6 is 0 Å². The monoisotopic (exact) mass is 244 g/mol. The summed E-state index contributed by atoms with van der Waals surface area (Å²) >= 11 is 0. The second-order valence-corrected chi connectivity index (χ2v) is 4.97. The minimum atomic E-state index is 0.291. The van der Waals surface area contributed by atoms with Gasteiger partial charge in [0.25, 0.3) is 0 Å². The van der Waals surface area contributed by atoms with Gasteiger partial charge in [-0.05, 0) is 49.8 Å². The van der Waals surface area contributed by atoms with E-state index < -0.39 is 0 Å². The number of rotatable bonds is 3. The largest absolute Gasteiger partial charge is 0.490 e. The van der Waals surface area contributed by atoms with Crippen molar-refractivity contribution >= 4 is 5.69 Å². The van der Waals surface area contributed by atoms with Gasteiger partial charge in [0.1, 0.15) is 17.9 Å². The normalized spacial score (nSPS) is 23.3. The first-order valence-electron chi connectivity index (χ1n) is 6.71. The van der Waals surface area contributed by atoms with Crippen LogP contribution in [0.4, 0.5) is 5.69 Å². The Morgan fingerprint density at radius 3 is 2.89 bits per heavy atom. The van der Waals surface area contributed by atoms with Gasteiger partial charge in [0.2, 0.25) is 0 Å². The van der Waals surface area contributed by atoms with Crippen LogP contribution in [0.3, 0.4) is 0 Å². The van der Waals surface area contributed by atoms with Gasteiger partial charge < -0.3 is 10.5 Å². The number of nitrogens with zero attached hydrogens (tertiary/aromatic N) is 1. The van der Waals surface area contributed by atoms with E-state index in [4.69, 9.17) is 15.7 Å². The van der Waals surface area contributed by atoms with Gasteiger partial charge in [-0.1, -0.05) is 13.3 Å². The number of nitriles is 1. The van der Waals surface area contributed by atoms with Crippen molar-refractivity contribution in [3.63, 3.8) is 0 Å². The second kappa shape index (κ2) is 5.77. The molecule has 1 fully saturated rings. The predicted octanol–water partition coefficient (Wildman–Crippen LogP) is 3.49. The zero-order valence-corrected chi connectivity index (χ0v) is 10.9. The van der Waals surface area contributed by atoms with Crippen molar-refractivity contribution in [2.24, 2.45) is 5.92 Å². The lowest BCUT2D eigenvalue weighted by Gasteiger charge is -2.31. The highest BCUT2D eigenvalue weighted by Crippen LogP contribution is 2.31. The van der Waals surface area contributed by atoms with Gasteiger partial charge in [-0.3, -0.25) is 0 Å². The summed E-state index contributed by atoms with van der Waals surface area (Å²) in [5.74, 6) is 1.41. The molecule has 2 unspecified atom stereocenters. The van der Waals surface area contributed by atoms with Crippen LogP contribution in [-0.4, -0.2) is 6.10 Å². The fraction of sp³-hybridized carbons (Fsp3) is 0.533. The van der Waals surface area contributed by atoms with E-state index in [1.54, 1.807) is 12.1 Å². The van der Waals surface area contributed by atoms with Gasteiger partial charge in [0.15, 0.2) is 0 Å². The number of nitrogen functional groups attached to an aromatic ring is 1. The first kappa shape index (κ1) is 12.8. The van der Waals surface area contributed by atoms with Crippen LogP contribution in [0.25, 0.3) is 0 Å². The Morgan fingerprint density at radius 2 is 2.17 bits per heavy atom. The Hall–Kier alpha value is -1.69. The zero-order valence-electron chi connectivity index (χ0n) is 10.9. The maximum absolute atomic E-state index is 8.96. The first-order chi connectivity index (χ1) is 8.74. The molecular weight excluding hydrogens is 224 g/mol. The molecule has 0 saturated heterocycles. The quantitative estimate of drug-likeness (QED) is 0.828. The molecule has 1 aliphatic carbocycles. The molecule has 0 aliphatic heterocycles. The van der Waals surface area contributed by atoms with Crippen molar-refractivity contribution in [1.82, 2.24) is 0 Å². The van der Waals surface area contributed by atoms with E-state index in [9.17, 15) is 0 Å². The minimum Gasteiger partial charge on any atom is -0.490 e. The average molecular weight is 244 g/mol. The van der Waals surface area contributed by atoms with Crippen LogP contribution in [0.1, 0.15) is 44.6 Å². The fourth-order valence-electron chi connectivity index (χ4n) is 2.68. The molecule has 1 aliphatic rings. The van der Waals surface area contributed by atoms with Crippen LogP contribution < -0.4 is 10.5 Å². The number of anilines is 1. The molecule has 1 aromatic rings. The summed E-state index contributed by atoms with van der Waals surface area (Å²) in [5.41, 5.74) is 6.72. The van der Waals surface area contributed by atoms with E-state index in [0.717, 1.165) is 18.6 Å². The molecule has 0 bridgehead atoms. The van der Waals surface area contributed by atoms with Crippen LogP contribution in [0.2, 0.25) is 0 Å². The molecule has 0 amide bonds. The Balaban J connectivity index is 2.11. The highest BCUT2D eigenvalue weighted by molar-refractivity contribution is 5.56. The average Bonchev–Trinajstić information content (AvgIpc) is 2.41. The van der Waals surface area contributed by atoms with Crippen LogP contribution in [0.5, 0.6) is 5.75 Å². The zero-order chi connectivity index (χ0) is 13.0. The number of hydrogen-bond acceptors (Lipinski definition) is 3. The SMILES string of the molecule is CCC1CCCCC1Oc1ccc(N)c(C#N)c1. The first-order valence-corrected chi connectivity index (χ1v) is 6.71. The molecule has 0 heterocycles. The third kappa shape index (κ3) is 2.76. The second-order valence-electron chi connectivity index (χ2n) is 4.97. The maximum Gasteiger partial charge on any atom is 0.121 e. The Labute approximate surface area is 109 Å². The highest BCUT2D eigenvalue weighted by atomic mass is 16.5. The van der Waals surface area contributed by atoms with E-state index >= 15 is 0 Å². The summed E-state index contributed by atoms with van der Waals surface area (Å²) in [6.45, 7) is 2.22. The predicted molar refractivity (Wildman–Crippen MR) is 72.2 cm³/mol. The number of benzene rings is 1. The molecule has 0 aromatic heterocycles. The molecule has 18 heavy (non-hydrogen) atoms. The minimum absolute atomic E-state index is 0.291. The summed E-state index contributed by atoms with van der Waals surface area (Å²) < 4.78 is 6.05. The van der Waals surface area contributed by atoms with Gasteiger partial charge in [-0.25, -0.2) is 0 Å². The smallest absolute Gasteiger partial charge is 0.121 e. The van der Waals surface area contributed by atoms with Crippen LogP contribution in [0, 0.1) is 17.2 Å².